The molecule has 2 heteroatoms. The van der Waals surface area contributed by atoms with Crippen LogP contribution < -0.4 is 5.32 Å². The molecule has 2 aromatic carbocycles. The van der Waals surface area contributed by atoms with Gasteiger partial charge in [-0.2, -0.15) is 0 Å². The average molecular weight is 285 g/mol. The largest absolute Gasteiger partial charge is 0.306 e. The molecule has 2 aromatic rings. The van der Waals surface area contributed by atoms with Crippen LogP contribution in [0.4, 0.5) is 4.39 Å². The van der Waals surface area contributed by atoms with Crippen LogP contribution in [0.1, 0.15) is 46.3 Å². The monoisotopic (exact) mass is 285 g/mol. The van der Waals surface area contributed by atoms with Gasteiger partial charge in [0, 0.05) is 5.56 Å². The number of aryl methyl sites for hydroxylation is 4. The Kier molecular flexibility index (Phi) is 4.79. The molecule has 0 saturated carbocycles. The molecule has 21 heavy (non-hydrogen) atoms. The van der Waals surface area contributed by atoms with Gasteiger partial charge in [0.2, 0.25) is 0 Å². The highest BCUT2D eigenvalue weighted by Gasteiger charge is 2.20. The lowest BCUT2D eigenvalue weighted by Gasteiger charge is -2.23. The van der Waals surface area contributed by atoms with Gasteiger partial charge in [0.25, 0.3) is 0 Å². The zero-order valence-corrected chi connectivity index (χ0v) is 13.5. The van der Waals surface area contributed by atoms with Crippen molar-refractivity contribution in [1.29, 1.82) is 0 Å². The summed E-state index contributed by atoms with van der Waals surface area (Å²) in [5.74, 6) is -0.128. The van der Waals surface area contributed by atoms with E-state index in [0.717, 1.165) is 28.8 Å². The van der Waals surface area contributed by atoms with Gasteiger partial charge in [-0.3, -0.25) is 0 Å². The van der Waals surface area contributed by atoms with E-state index in [2.05, 4.69) is 44.3 Å². The van der Waals surface area contributed by atoms with Crippen LogP contribution in [-0.4, -0.2) is 6.54 Å². The van der Waals surface area contributed by atoms with E-state index in [9.17, 15) is 4.39 Å². The number of benzene rings is 2. The molecule has 0 aliphatic carbocycles. The molecule has 0 fully saturated rings. The Balaban J connectivity index is 2.55. The molecular weight excluding hydrogens is 261 g/mol. The lowest BCUT2D eigenvalue weighted by atomic mass is 9.91. The first-order valence-corrected chi connectivity index (χ1v) is 7.51. The summed E-state index contributed by atoms with van der Waals surface area (Å²) in [4.78, 5) is 0. The van der Waals surface area contributed by atoms with Gasteiger partial charge in [0.1, 0.15) is 5.82 Å². The Morgan fingerprint density at radius 1 is 0.952 bits per heavy atom. The SMILES string of the molecule is CCNC(c1ccc(C)c(C)c1)c1c(C)cc(C)cc1F. The van der Waals surface area contributed by atoms with E-state index in [-0.39, 0.29) is 11.9 Å². The molecule has 112 valence electrons. The molecule has 0 amide bonds. The van der Waals surface area contributed by atoms with Gasteiger partial charge in [-0.25, -0.2) is 4.39 Å². The van der Waals surface area contributed by atoms with E-state index in [1.807, 2.05) is 19.9 Å². The van der Waals surface area contributed by atoms with Crippen LogP contribution in [0.15, 0.2) is 30.3 Å². The Bertz CT molecular complexity index is 623. The minimum absolute atomic E-state index is 0.102. The second-order valence-electron chi connectivity index (χ2n) is 5.81. The summed E-state index contributed by atoms with van der Waals surface area (Å²) in [6.45, 7) is 11.0. The molecule has 0 aliphatic heterocycles. The van der Waals surface area contributed by atoms with Crippen LogP contribution in [0.2, 0.25) is 0 Å². The standard InChI is InChI=1S/C19H24FN/c1-6-21-19(16-8-7-13(3)14(4)11-16)18-15(5)9-12(2)10-17(18)20/h7-11,19,21H,6H2,1-5H3. The minimum Gasteiger partial charge on any atom is -0.306 e. The summed E-state index contributed by atoms with van der Waals surface area (Å²) in [7, 11) is 0. The molecule has 1 atom stereocenters. The maximum atomic E-state index is 14.5. The lowest BCUT2D eigenvalue weighted by molar-refractivity contribution is 0.555. The second kappa shape index (κ2) is 6.40. The van der Waals surface area contributed by atoms with Crippen molar-refractivity contribution in [3.8, 4) is 0 Å². The second-order valence-corrected chi connectivity index (χ2v) is 5.81. The van der Waals surface area contributed by atoms with E-state index in [1.54, 1.807) is 6.07 Å². The summed E-state index contributed by atoms with van der Waals surface area (Å²) in [5.41, 5.74) is 6.33. The topological polar surface area (TPSA) is 12.0 Å². The molecule has 1 N–H and O–H groups in total. The molecule has 0 aliphatic rings. The molecular formula is C19H24FN. The number of rotatable bonds is 4. The Hall–Kier alpha value is -1.67. The van der Waals surface area contributed by atoms with Crippen molar-refractivity contribution in [2.24, 2.45) is 0 Å². The number of nitrogens with one attached hydrogen (secondary N) is 1. The Morgan fingerprint density at radius 3 is 2.24 bits per heavy atom. The lowest BCUT2D eigenvalue weighted by Crippen LogP contribution is -2.24. The van der Waals surface area contributed by atoms with E-state index < -0.39 is 0 Å². The zero-order chi connectivity index (χ0) is 15.6. The van der Waals surface area contributed by atoms with Gasteiger partial charge in [0.15, 0.2) is 0 Å². The zero-order valence-electron chi connectivity index (χ0n) is 13.5. The molecule has 0 radical (unpaired) electrons. The van der Waals surface area contributed by atoms with Gasteiger partial charge in [0.05, 0.1) is 6.04 Å². The molecule has 0 bridgehead atoms. The first-order chi connectivity index (χ1) is 9.93. The van der Waals surface area contributed by atoms with Crippen LogP contribution in [0.25, 0.3) is 0 Å². The Morgan fingerprint density at radius 2 is 1.67 bits per heavy atom. The van der Waals surface area contributed by atoms with Crippen LogP contribution in [0.3, 0.4) is 0 Å². The summed E-state index contributed by atoms with van der Waals surface area (Å²) < 4.78 is 14.5. The third-order valence-electron chi connectivity index (χ3n) is 4.04. The predicted molar refractivity (Wildman–Crippen MR) is 87.3 cm³/mol. The first-order valence-electron chi connectivity index (χ1n) is 7.51. The van der Waals surface area contributed by atoms with Crippen molar-refractivity contribution in [1.82, 2.24) is 5.32 Å². The highest BCUT2D eigenvalue weighted by atomic mass is 19.1. The number of halogens is 1. The highest BCUT2D eigenvalue weighted by Crippen LogP contribution is 2.29. The van der Waals surface area contributed by atoms with Crippen LogP contribution in [0, 0.1) is 33.5 Å². The minimum atomic E-state index is -0.128. The van der Waals surface area contributed by atoms with E-state index in [0.29, 0.717) is 0 Å². The van der Waals surface area contributed by atoms with Crippen molar-refractivity contribution in [3.63, 3.8) is 0 Å². The average Bonchev–Trinajstić information content (AvgIpc) is 2.40. The third-order valence-corrected chi connectivity index (χ3v) is 4.04. The van der Waals surface area contributed by atoms with Crippen molar-refractivity contribution in [2.75, 3.05) is 6.54 Å². The van der Waals surface area contributed by atoms with Gasteiger partial charge < -0.3 is 5.32 Å². The third kappa shape index (κ3) is 3.33. The normalized spacial score (nSPS) is 12.5. The van der Waals surface area contributed by atoms with Crippen LogP contribution in [-0.2, 0) is 0 Å². The van der Waals surface area contributed by atoms with Crippen LogP contribution >= 0.6 is 0 Å². The Labute approximate surface area is 127 Å². The number of hydrogen-bond donors (Lipinski definition) is 1. The van der Waals surface area contributed by atoms with Gasteiger partial charge >= 0.3 is 0 Å². The van der Waals surface area contributed by atoms with Crippen molar-refractivity contribution in [2.45, 2.75) is 40.7 Å². The number of hydrogen-bond acceptors (Lipinski definition) is 1. The van der Waals surface area contributed by atoms with Gasteiger partial charge in [-0.05, 0) is 68.1 Å². The maximum absolute atomic E-state index is 14.5. The fourth-order valence-electron chi connectivity index (χ4n) is 2.83. The smallest absolute Gasteiger partial charge is 0.128 e. The van der Waals surface area contributed by atoms with E-state index >= 15 is 0 Å². The quantitative estimate of drug-likeness (QED) is 0.854. The summed E-state index contributed by atoms with van der Waals surface area (Å²) in [6, 6.07) is 9.92. The molecule has 0 spiro atoms. The predicted octanol–water partition coefficient (Wildman–Crippen LogP) is 4.76. The molecule has 0 aromatic heterocycles. The van der Waals surface area contributed by atoms with Crippen LogP contribution in [0.5, 0.6) is 0 Å². The van der Waals surface area contributed by atoms with Gasteiger partial charge in [-0.15, -0.1) is 0 Å². The molecule has 1 unspecified atom stereocenters. The van der Waals surface area contributed by atoms with Crippen molar-refractivity contribution < 1.29 is 4.39 Å². The van der Waals surface area contributed by atoms with Crippen molar-refractivity contribution >= 4 is 0 Å². The fourth-order valence-corrected chi connectivity index (χ4v) is 2.83. The van der Waals surface area contributed by atoms with E-state index in [1.165, 1.54) is 11.1 Å². The fraction of sp³-hybridized carbons (Fsp3) is 0.368. The summed E-state index contributed by atoms with van der Waals surface area (Å²) >= 11 is 0. The maximum Gasteiger partial charge on any atom is 0.128 e. The molecule has 0 heterocycles. The first kappa shape index (κ1) is 15.7. The van der Waals surface area contributed by atoms with Crippen molar-refractivity contribution in [3.05, 3.63) is 69.5 Å². The van der Waals surface area contributed by atoms with E-state index in [4.69, 9.17) is 0 Å². The summed E-state index contributed by atoms with van der Waals surface area (Å²) in [5, 5.41) is 3.42. The summed E-state index contributed by atoms with van der Waals surface area (Å²) in [6.07, 6.45) is 0. The molecule has 2 rings (SSSR count). The molecule has 1 nitrogen and oxygen atoms in total. The molecule has 0 saturated heterocycles. The highest BCUT2D eigenvalue weighted by molar-refractivity contribution is 5.42. The van der Waals surface area contributed by atoms with Gasteiger partial charge in [-0.1, -0.05) is 31.2 Å².